The molecule has 9 heteroatoms. The fraction of sp³-hybridized carbons (Fsp3) is 0.105. The van der Waals surface area contributed by atoms with Crippen molar-refractivity contribution in [3.63, 3.8) is 0 Å². The van der Waals surface area contributed by atoms with Crippen LogP contribution in [0.1, 0.15) is 0 Å². The highest BCUT2D eigenvalue weighted by molar-refractivity contribution is 5.90. The largest absolute Gasteiger partial charge is 0.497 e. The molecule has 0 atom stereocenters. The third-order valence-electron chi connectivity index (χ3n) is 3.92. The summed E-state index contributed by atoms with van der Waals surface area (Å²) in [6.07, 6.45) is 6.58. The fourth-order valence-electron chi connectivity index (χ4n) is 2.61. The molecule has 4 rings (SSSR count). The van der Waals surface area contributed by atoms with E-state index in [4.69, 9.17) is 4.74 Å². The molecule has 0 aliphatic heterocycles. The molecule has 3 aromatic heterocycles. The van der Waals surface area contributed by atoms with Crippen molar-refractivity contribution in [2.24, 2.45) is 0 Å². The lowest BCUT2D eigenvalue weighted by molar-refractivity contribution is -0.116. The number of nitrogens with zero attached hydrogens (tertiary/aromatic N) is 5. The summed E-state index contributed by atoms with van der Waals surface area (Å²) in [5.41, 5.74) is 2.68. The van der Waals surface area contributed by atoms with Crippen LogP contribution in [0.3, 0.4) is 0 Å². The van der Waals surface area contributed by atoms with Gasteiger partial charge in [0.1, 0.15) is 23.6 Å². The molecule has 0 unspecified atom stereocenters. The summed E-state index contributed by atoms with van der Waals surface area (Å²) in [5.74, 6) is 1.17. The van der Waals surface area contributed by atoms with Crippen molar-refractivity contribution in [1.82, 2.24) is 24.7 Å². The van der Waals surface area contributed by atoms with Crippen LogP contribution in [-0.2, 0) is 11.3 Å². The minimum Gasteiger partial charge on any atom is -0.497 e. The number of fused-ring (bicyclic) bond motifs is 1. The zero-order valence-corrected chi connectivity index (χ0v) is 15.0. The normalized spacial score (nSPS) is 10.6. The van der Waals surface area contributed by atoms with Gasteiger partial charge in [-0.1, -0.05) is 0 Å². The van der Waals surface area contributed by atoms with Gasteiger partial charge in [0.2, 0.25) is 5.91 Å². The quantitative estimate of drug-likeness (QED) is 0.533. The zero-order valence-electron chi connectivity index (χ0n) is 15.0. The Morgan fingerprint density at radius 3 is 2.71 bits per heavy atom. The number of hydrogen-bond acceptors (Lipinski definition) is 7. The molecule has 0 bridgehead atoms. The van der Waals surface area contributed by atoms with E-state index in [0.717, 1.165) is 11.3 Å². The highest BCUT2D eigenvalue weighted by Gasteiger charge is 2.07. The van der Waals surface area contributed by atoms with Crippen molar-refractivity contribution < 1.29 is 9.53 Å². The van der Waals surface area contributed by atoms with E-state index in [2.05, 4.69) is 30.7 Å². The van der Waals surface area contributed by atoms with Crippen LogP contribution < -0.4 is 15.4 Å². The molecule has 28 heavy (non-hydrogen) atoms. The summed E-state index contributed by atoms with van der Waals surface area (Å²) in [5, 5.41) is 10.2. The van der Waals surface area contributed by atoms with Gasteiger partial charge in [-0.05, 0) is 36.4 Å². The van der Waals surface area contributed by atoms with Gasteiger partial charge in [-0.25, -0.2) is 9.97 Å². The van der Waals surface area contributed by atoms with Crippen molar-refractivity contribution in [3.05, 3.63) is 61.2 Å². The smallest absolute Gasteiger partial charge is 0.246 e. The lowest BCUT2D eigenvalue weighted by atomic mass is 10.3. The third-order valence-corrected chi connectivity index (χ3v) is 3.92. The monoisotopic (exact) mass is 375 g/mol. The lowest BCUT2D eigenvalue weighted by Crippen LogP contribution is -2.18. The summed E-state index contributed by atoms with van der Waals surface area (Å²) in [7, 11) is 1.60. The van der Waals surface area contributed by atoms with Crippen LogP contribution in [0.25, 0.3) is 11.2 Å². The van der Waals surface area contributed by atoms with Crippen LogP contribution in [0.5, 0.6) is 5.75 Å². The summed E-state index contributed by atoms with van der Waals surface area (Å²) < 4.78 is 6.64. The lowest BCUT2D eigenvalue weighted by Gasteiger charge is -2.06. The van der Waals surface area contributed by atoms with Crippen LogP contribution >= 0.6 is 0 Å². The van der Waals surface area contributed by atoms with Crippen LogP contribution in [0.15, 0.2) is 61.2 Å². The Bertz CT molecular complexity index is 1110. The number of anilines is 3. The highest BCUT2D eigenvalue weighted by atomic mass is 16.5. The molecule has 0 radical (unpaired) electrons. The van der Waals surface area contributed by atoms with Gasteiger partial charge >= 0.3 is 0 Å². The summed E-state index contributed by atoms with van der Waals surface area (Å²) in [4.78, 5) is 25.0. The van der Waals surface area contributed by atoms with Crippen molar-refractivity contribution in [1.29, 1.82) is 0 Å². The Hall–Kier alpha value is -4.01. The van der Waals surface area contributed by atoms with E-state index in [1.54, 1.807) is 60.8 Å². The van der Waals surface area contributed by atoms with Crippen molar-refractivity contribution >= 4 is 34.3 Å². The van der Waals surface area contributed by atoms with Gasteiger partial charge in [0, 0.05) is 24.3 Å². The van der Waals surface area contributed by atoms with Crippen molar-refractivity contribution in [2.45, 2.75) is 6.54 Å². The second-order valence-electron chi connectivity index (χ2n) is 5.92. The first kappa shape index (κ1) is 17.4. The van der Waals surface area contributed by atoms with E-state index in [1.165, 1.54) is 0 Å². The highest BCUT2D eigenvalue weighted by Crippen LogP contribution is 2.17. The van der Waals surface area contributed by atoms with Gasteiger partial charge in [0.25, 0.3) is 0 Å². The summed E-state index contributed by atoms with van der Waals surface area (Å²) >= 11 is 0. The topological polar surface area (TPSA) is 107 Å². The van der Waals surface area contributed by atoms with E-state index in [9.17, 15) is 4.79 Å². The van der Waals surface area contributed by atoms with Crippen molar-refractivity contribution in [3.8, 4) is 5.75 Å². The molecule has 1 aromatic carbocycles. The first-order valence-electron chi connectivity index (χ1n) is 8.51. The molecule has 140 valence electrons. The molecule has 4 aromatic rings. The number of ether oxygens (including phenoxy) is 1. The number of carbonyl (C=O) groups excluding carboxylic acids is 1. The summed E-state index contributed by atoms with van der Waals surface area (Å²) in [6.45, 7) is 0.0876. The average molecular weight is 375 g/mol. The summed E-state index contributed by atoms with van der Waals surface area (Å²) in [6, 6.07) is 10.8. The number of methoxy groups -OCH3 is 1. The Morgan fingerprint density at radius 1 is 1.07 bits per heavy atom. The zero-order chi connectivity index (χ0) is 19.3. The molecule has 0 saturated heterocycles. The predicted octanol–water partition coefficient (Wildman–Crippen LogP) is 2.61. The number of pyridine rings is 1. The number of amides is 1. The number of benzene rings is 1. The Balaban J connectivity index is 1.38. The number of hydrogen-bond donors (Lipinski definition) is 2. The molecule has 3 heterocycles. The molecule has 0 saturated carbocycles. The van der Waals surface area contributed by atoms with Crippen LogP contribution in [0.2, 0.25) is 0 Å². The average Bonchev–Trinajstić information content (AvgIpc) is 3.15. The van der Waals surface area contributed by atoms with E-state index < -0.39 is 0 Å². The SMILES string of the molecule is COc1ccc(NC(=O)Cn2cc(Nc3ccc4nccnc4n3)cn2)cc1. The fourth-order valence-corrected chi connectivity index (χ4v) is 2.61. The molecular formula is C19H17N7O2. The Kier molecular flexibility index (Phi) is 4.79. The van der Waals surface area contributed by atoms with Gasteiger partial charge < -0.3 is 15.4 Å². The Labute approximate surface area is 160 Å². The number of aromatic nitrogens is 5. The number of nitrogens with one attached hydrogen (secondary N) is 2. The first-order valence-corrected chi connectivity index (χ1v) is 8.51. The molecule has 1 amide bonds. The number of rotatable bonds is 6. The van der Waals surface area contributed by atoms with Gasteiger partial charge in [0.15, 0.2) is 5.65 Å². The molecule has 2 N–H and O–H groups in total. The van der Waals surface area contributed by atoms with E-state index in [1.807, 2.05) is 12.1 Å². The van der Waals surface area contributed by atoms with E-state index in [-0.39, 0.29) is 12.5 Å². The second-order valence-corrected chi connectivity index (χ2v) is 5.92. The molecule has 0 aliphatic rings. The van der Waals surface area contributed by atoms with Crippen LogP contribution in [0.4, 0.5) is 17.2 Å². The standard InChI is InChI=1S/C19H17N7O2/c1-28-15-4-2-13(3-5-15)24-18(27)12-26-11-14(10-22-26)23-17-7-6-16-19(25-17)21-9-8-20-16/h2-11H,12H2,1H3,(H,24,27)(H,21,23,25). The van der Waals surface area contributed by atoms with Gasteiger partial charge in [-0.3, -0.25) is 14.5 Å². The third kappa shape index (κ3) is 4.04. The van der Waals surface area contributed by atoms with E-state index in [0.29, 0.717) is 22.8 Å². The van der Waals surface area contributed by atoms with Gasteiger partial charge in [-0.15, -0.1) is 0 Å². The maximum atomic E-state index is 12.2. The maximum Gasteiger partial charge on any atom is 0.246 e. The number of carbonyl (C=O) groups is 1. The molecular weight excluding hydrogens is 358 g/mol. The molecule has 0 aliphatic carbocycles. The van der Waals surface area contributed by atoms with Crippen LogP contribution in [0, 0.1) is 0 Å². The Morgan fingerprint density at radius 2 is 1.89 bits per heavy atom. The van der Waals surface area contributed by atoms with Crippen molar-refractivity contribution in [2.75, 3.05) is 17.7 Å². The second kappa shape index (κ2) is 7.70. The predicted molar refractivity (Wildman–Crippen MR) is 104 cm³/mol. The minimum atomic E-state index is -0.182. The van der Waals surface area contributed by atoms with Gasteiger partial charge in [-0.2, -0.15) is 5.10 Å². The molecule has 9 nitrogen and oxygen atoms in total. The van der Waals surface area contributed by atoms with Crippen LogP contribution in [-0.4, -0.2) is 37.7 Å². The minimum absolute atomic E-state index is 0.0876. The first-order chi connectivity index (χ1) is 13.7. The van der Waals surface area contributed by atoms with Gasteiger partial charge in [0.05, 0.1) is 19.0 Å². The molecule has 0 spiro atoms. The van der Waals surface area contributed by atoms with E-state index >= 15 is 0 Å². The molecule has 0 fully saturated rings. The maximum absolute atomic E-state index is 12.2.